The van der Waals surface area contributed by atoms with Gasteiger partial charge in [-0.1, -0.05) is 43.7 Å². The van der Waals surface area contributed by atoms with Gasteiger partial charge in [-0.05, 0) is 36.2 Å². The van der Waals surface area contributed by atoms with Crippen molar-refractivity contribution in [1.82, 2.24) is 10.2 Å². The number of β-amino-alcohol motifs (C(OH)–C–C–N with tert-alkyl or cyclic N) is 1. The quantitative estimate of drug-likeness (QED) is 0.748. The Morgan fingerprint density at radius 1 is 1.19 bits per heavy atom. The molecule has 2 aromatic rings. The number of aliphatic hydroxyl groups is 1. The Kier molecular flexibility index (Phi) is 5.13. The van der Waals surface area contributed by atoms with Gasteiger partial charge in [-0.2, -0.15) is 0 Å². The lowest BCUT2D eigenvalue weighted by Gasteiger charge is -2.22. The van der Waals surface area contributed by atoms with E-state index in [1.807, 2.05) is 49.4 Å². The van der Waals surface area contributed by atoms with E-state index in [0.29, 0.717) is 12.2 Å². The molecule has 1 aliphatic rings. The summed E-state index contributed by atoms with van der Waals surface area (Å²) >= 11 is 0. The molecule has 0 radical (unpaired) electrons. The summed E-state index contributed by atoms with van der Waals surface area (Å²) in [5, 5.41) is 15.1. The van der Waals surface area contributed by atoms with E-state index < -0.39 is 17.7 Å². The summed E-state index contributed by atoms with van der Waals surface area (Å²) in [5.41, 5.74) is -0.884. The number of hydrogen-bond donors (Lipinski definition) is 2. The van der Waals surface area contributed by atoms with Crippen molar-refractivity contribution in [1.29, 1.82) is 0 Å². The van der Waals surface area contributed by atoms with Crippen LogP contribution in [-0.4, -0.2) is 46.7 Å². The van der Waals surface area contributed by atoms with Crippen LogP contribution in [0.1, 0.15) is 26.7 Å². The third-order valence-corrected chi connectivity index (χ3v) is 4.65. The Labute approximate surface area is 152 Å². The van der Waals surface area contributed by atoms with E-state index in [0.717, 1.165) is 22.1 Å². The Hall–Kier alpha value is -2.60. The minimum atomic E-state index is -0.958. The number of ether oxygens (including phenoxy) is 1. The summed E-state index contributed by atoms with van der Waals surface area (Å²) < 4.78 is 5.64. The average Bonchev–Trinajstić information content (AvgIpc) is 2.83. The molecule has 26 heavy (non-hydrogen) atoms. The topological polar surface area (TPSA) is 78.9 Å². The van der Waals surface area contributed by atoms with Crippen LogP contribution in [0, 0.1) is 0 Å². The first-order valence-corrected chi connectivity index (χ1v) is 8.87. The van der Waals surface area contributed by atoms with Gasteiger partial charge >= 0.3 is 6.03 Å². The van der Waals surface area contributed by atoms with E-state index in [1.54, 1.807) is 6.92 Å². The number of fused-ring (bicyclic) bond motifs is 1. The summed E-state index contributed by atoms with van der Waals surface area (Å²) in [4.78, 5) is 25.6. The lowest BCUT2D eigenvalue weighted by Crippen LogP contribution is -2.44. The van der Waals surface area contributed by atoms with Crippen LogP contribution in [0.5, 0.6) is 5.75 Å². The summed E-state index contributed by atoms with van der Waals surface area (Å²) in [7, 11) is 0. The smallest absolute Gasteiger partial charge is 0.325 e. The van der Waals surface area contributed by atoms with E-state index in [-0.39, 0.29) is 19.1 Å². The van der Waals surface area contributed by atoms with E-state index in [4.69, 9.17) is 4.74 Å². The zero-order valence-electron chi connectivity index (χ0n) is 15.1. The number of hydrogen-bond acceptors (Lipinski definition) is 4. The Morgan fingerprint density at radius 3 is 2.65 bits per heavy atom. The van der Waals surface area contributed by atoms with Gasteiger partial charge in [0.15, 0.2) is 0 Å². The minimum Gasteiger partial charge on any atom is -0.491 e. The zero-order valence-corrected chi connectivity index (χ0v) is 15.1. The van der Waals surface area contributed by atoms with Gasteiger partial charge in [0.2, 0.25) is 0 Å². The third kappa shape index (κ3) is 3.65. The summed E-state index contributed by atoms with van der Waals surface area (Å²) in [6, 6.07) is 13.1. The molecule has 2 atom stereocenters. The van der Waals surface area contributed by atoms with Gasteiger partial charge in [0.05, 0.1) is 6.54 Å². The molecule has 1 fully saturated rings. The minimum absolute atomic E-state index is 0.000107. The first-order chi connectivity index (χ1) is 12.4. The van der Waals surface area contributed by atoms with Crippen LogP contribution in [0.4, 0.5) is 4.79 Å². The molecule has 3 rings (SSSR count). The molecule has 0 saturated carbocycles. The molecule has 6 nitrogen and oxygen atoms in total. The average molecular weight is 356 g/mol. The van der Waals surface area contributed by atoms with E-state index in [9.17, 15) is 14.7 Å². The standard InChI is InChI=1S/C20H24N2O4/c1-3-10-20(2)18(24)22(19(25)21-20)12-16(23)13-26-17-9-8-14-6-4-5-7-15(14)11-17/h4-9,11,16,23H,3,10,12-13H2,1-2H3,(H,21,25). The molecule has 3 amide bonds. The summed E-state index contributed by atoms with van der Waals surface area (Å²) in [6.07, 6.45) is 0.391. The molecule has 1 aliphatic heterocycles. The summed E-state index contributed by atoms with van der Waals surface area (Å²) in [6.45, 7) is 3.59. The van der Waals surface area contributed by atoms with E-state index in [2.05, 4.69) is 5.32 Å². The van der Waals surface area contributed by atoms with E-state index >= 15 is 0 Å². The maximum atomic E-state index is 12.5. The Morgan fingerprint density at radius 2 is 1.92 bits per heavy atom. The number of amides is 3. The fraction of sp³-hybridized carbons (Fsp3) is 0.400. The number of aliphatic hydroxyl groups excluding tert-OH is 1. The maximum absolute atomic E-state index is 12.5. The lowest BCUT2D eigenvalue weighted by molar-refractivity contribution is -0.132. The number of nitrogens with zero attached hydrogens (tertiary/aromatic N) is 1. The number of urea groups is 1. The second-order valence-electron chi connectivity index (χ2n) is 6.90. The van der Waals surface area contributed by atoms with Gasteiger partial charge in [0, 0.05) is 0 Å². The van der Waals surface area contributed by atoms with Crippen LogP contribution in [0.15, 0.2) is 42.5 Å². The van der Waals surface area contributed by atoms with Crippen molar-refractivity contribution in [2.45, 2.75) is 38.3 Å². The fourth-order valence-electron chi connectivity index (χ4n) is 3.30. The van der Waals surface area contributed by atoms with Crippen LogP contribution >= 0.6 is 0 Å². The van der Waals surface area contributed by atoms with E-state index in [1.165, 1.54) is 0 Å². The molecular weight excluding hydrogens is 332 g/mol. The van der Waals surface area contributed by atoms with Gasteiger partial charge in [-0.25, -0.2) is 4.79 Å². The van der Waals surface area contributed by atoms with Crippen molar-refractivity contribution in [3.05, 3.63) is 42.5 Å². The molecule has 2 N–H and O–H groups in total. The second kappa shape index (κ2) is 7.33. The largest absolute Gasteiger partial charge is 0.491 e. The molecule has 0 aliphatic carbocycles. The fourth-order valence-corrected chi connectivity index (χ4v) is 3.30. The predicted molar refractivity (Wildman–Crippen MR) is 99.0 cm³/mol. The Bertz CT molecular complexity index is 822. The second-order valence-corrected chi connectivity index (χ2v) is 6.90. The van der Waals surface area contributed by atoms with Crippen LogP contribution in [0.3, 0.4) is 0 Å². The number of nitrogens with one attached hydrogen (secondary N) is 1. The number of carbonyl (C=O) groups excluding carboxylic acids is 2. The van der Waals surface area contributed by atoms with Crippen molar-refractivity contribution >= 4 is 22.7 Å². The molecule has 2 aromatic carbocycles. The molecule has 6 heteroatoms. The molecule has 138 valence electrons. The van der Waals surface area contributed by atoms with Crippen LogP contribution < -0.4 is 10.1 Å². The van der Waals surface area contributed by atoms with Crippen LogP contribution in [0.25, 0.3) is 10.8 Å². The van der Waals surface area contributed by atoms with Gasteiger partial charge in [0.25, 0.3) is 5.91 Å². The van der Waals surface area contributed by atoms with Crippen LogP contribution in [-0.2, 0) is 4.79 Å². The normalized spacial score (nSPS) is 21.1. The lowest BCUT2D eigenvalue weighted by atomic mass is 9.96. The molecule has 0 bridgehead atoms. The van der Waals surface area contributed by atoms with Crippen LogP contribution in [0.2, 0.25) is 0 Å². The maximum Gasteiger partial charge on any atom is 0.325 e. The molecule has 1 saturated heterocycles. The Balaban J connectivity index is 1.59. The van der Waals surface area contributed by atoms with Crippen molar-refractivity contribution < 1.29 is 19.4 Å². The summed E-state index contributed by atoms with van der Waals surface area (Å²) in [5.74, 6) is 0.338. The van der Waals surface area contributed by atoms with Crippen molar-refractivity contribution in [2.75, 3.05) is 13.2 Å². The van der Waals surface area contributed by atoms with Crippen molar-refractivity contribution in [2.24, 2.45) is 0 Å². The highest BCUT2D eigenvalue weighted by Crippen LogP contribution is 2.23. The predicted octanol–water partition coefficient (Wildman–Crippen LogP) is 2.69. The highest BCUT2D eigenvalue weighted by atomic mass is 16.5. The number of imide groups is 1. The molecule has 0 aromatic heterocycles. The van der Waals surface area contributed by atoms with Gasteiger partial charge in [-0.3, -0.25) is 9.69 Å². The number of rotatable bonds is 7. The molecule has 0 spiro atoms. The third-order valence-electron chi connectivity index (χ3n) is 4.65. The number of carbonyl (C=O) groups is 2. The van der Waals surface area contributed by atoms with Gasteiger partial charge < -0.3 is 15.2 Å². The first-order valence-electron chi connectivity index (χ1n) is 8.87. The molecule has 1 heterocycles. The van der Waals surface area contributed by atoms with Crippen molar-refractivity contribution in [3.8, 4) is 5.75 Å². The monoisotopic (exact) mass is 356 g/mol. The zero-order chi connectivity index (χ0) is 18.7. The highest BCUT2D eigenvalue weighted by molar-refractivity contribution is 6.06. The first kappa shape index (κ1) is 18.2. The van der Waals surface area contributed by atoms with Gasteiger partial charge in [-0.15, -0.1) is 0 Å². The molecule has 2 unspecified atom stereocenters. The number of benzene rings is 2. The van der Waals surface area contributed by atoms with Gasteiger partial charge in [0.1, 0.15) is 24.0 Å². The highest BCUT2D eigenvalue weighted by Gasteiger charge is 2.47. The SMILES string of the molecule is CCCC1(C)NC(=O)N(CC(O)COc2ccc3ccccc3c2)C1=O. The van der Waals surface area contributed by atoms with Crippen molar-refractivity contribution in [3.63, 3.8) is 0 Å². The molecular formula is C20H24N2O4.